The van der Waals surface area contributed by atoms with E-state index in [0.717, 1.165) is 23.1 Å². The Hall–Kier alpha value is -2.84. The summed E-state index contributed by atoms with van der Waals surface area (Å²) in [6.45, 7) is 1.31. The molecular weight excluding hydrogens is 366 g/mol. The molecule has 3 aromatic rings. The quantitative estimate of drug-likeness (QED) is 0.645. The van der Waals surface area contributed by atoms with Crippen LogP contribution in [-0.4, -0.2) is 42.2 Å². The number of rotatable bonds is 6. The highest BCUT2D eigenvalue weighted by Gasteiger charge is 2.29. The van der Waals surface area contributed by atoms with Crippen LogP contribution in [0.15, 0.2) is 24.7 Å². The van der Waals surface area contributed by atoms with Gasteiger partial charge in [0.05, 0.1) is 23.7 Å². The molecule has 148 valence electrons. The van der Waals surface area contributed by atoms with Gasteiger partial charge < -0.3 is 4.90 Å². The summed E-state index contributed by atoms with van der Waals surface area (Å²) in [5, 5.41) is 5.07. The molecule has 0 aliphatic heterocycles. The van der Waals surface area contributed by atoms with E-state index in [9.17, 15) is 13.6 Å². The fraction of sp³-hybridized carbons (Fsp3) is 0.474. The molecule has 0 atom stereocenters. The zero-order chi connectivity index (χ0) is 20.0. The van der Waals surface area contributed by atoms with E-state index in [1.807, 2.05) is 24.6 Å². The van der Waals surface area contributed by atoms with Crippen LogP contribution in [0.5, 0.6) is 0 Å². The van der Waals surface area contributed by atoms with Gasteiger partial charge in [-0.2, -0.15) is 13.9 Å². The van der Waals surface area contributed by atoms with Gasteiger partial charge in [0.25, 0.3) is 5.91 Å². The van der Waals surface area contributed by atoms with E-state index in [2.05, 4.69) is 10.1 Å². The molecule has 0 radical (unpaired) electrons. The third-order valence-electron chi connectivity index (χ3n) is 4.99. The maximum absolute atomic E-state index is 13.2. The second-order valence-corrected chi connectivity index (χ2v) is 7.48. The van der Waals surface area contributed by atoms with E-state index in [0.29, 0.717) is 22.5 Å². The van der Waals surface area contributed by atoms with Crippen LogP contribution < -0.4 is 0 Å². The summed E-state index contributed by atoms with van der Waals surface area (Å²) in [4.78, 5) is 23.3. The van der Waals surface area contributed by atoms with E-state index in [1.54, 1.807) is 13.2 Å². The van der Waals surface area contributed by atoms with Crippen LogP contribution in [0.1, 0.15) is 67.1 Å². The molecule has 28 heavy (non-hydrogen) atoms. The summed E-state index contributed by atoms with van der Waals surface area (Å²) in [5.74, 6) is 0.243. The van der Waals surface area contributed by atoms with E-state index in [-0.39, 0.29) is 24.3 Å². The Morgan fingerprint density at radius 1 is 1.36 bits per heavy atom. The summed E-state index contributed by atoms with van der Waals surface area (Å²) in [7, 11) is 1.59. The van der Waals surface area contributed by atoms with Crippen LogP contribution in [0.2, 0.25) is 0 Å². The largest absolute Gasteiger partial charge is 0.334 e. The predicted molar refractivity (Wildman–Crippen MR) is 99.2 cm³/mol. The molecular formula is C19H22F2N6O. The number of alkyl halides is 2. The molecule has 0 saturated heterocycles. The molecule has 0 bridgehead atoms. The van der Waals surface area contributed by atoms with Gasteiger partial charge in [0.1, 0.15) is 5.82 Å². The predicted octanol–water partition coefficient (Wildman–Crippen LogP) is 3.75. The van der Waals surface area contributed by atoms with Crippen LogP contribution in [-0.2, 0) is 6.54 Å². The second kappa shape index (κ2) is 6.96. The average molecular weight is 388 g/mol. The first-order valence-corrected chi connectivity index (χ1v) is 9.30. The molecule has 0 unspecified atom stereocenters. The lowest BCUT2D eigenvalue weighted by atomic mass is 10.1. The maximum Gasteiger partial charge on any atom is 0.319 e. The molecule has 1 amide bonds. The molecule has 1 aliphatic carbocycles. The number of nitrogens with zero attached hydrogens (tertiary/aromatic N) is 6. The first-order chi connectivity index (χ1) is 13.4. The van der Waals surface area contributed by atoms with Crippen molar-refractivity contribution in [3.63, 3.8) is 0 Å². The van der Waals surface area contributed by atoms with Gasteiger partial charge in [-0.05, 0) is 32.8 Å². The third-order valence-corrected chi connectivity index (χ3v) is 4.99. The van der Waals surface area contributed by atoms with Crippen molar-refractivity contribution < 1.29 is 13.6 Å². The lowest BCUT2D eigenvalue weighted by Gasteiger charge is -2.19. The number of imidazole rings is 1. The number of carbonyl (C=O) groups is 1. The molecule has 9 heteroatoms. The molecule has 1 saturated carbocycles. The number of halogens is 2. The number of hydrogen-bond acceptors (Lipinski definition) is 4. The Kier molecular flexibility index (Phi) is 4.60. The van der Waals surface area contributed by atoms with Gasteiger partial charge in [-0.25, -0.2) is 14.6 Å². The Labute approximate surface area is 161 Å². The lowest BCUT2D eigenvalue weighted by Crippen LogP contribution is -2.28. The summed E-state index contributed by atoms with van der Waals surface area (Å²) in [5.41, 5.74) is 2.07. The fourth-order valence-corrected chi connectivity index (χ4v) is 3.31. The zero-order valence-corrected chi connectivity index (χ0v) is 16.0. The summed E-state index contributed by atoms with van der Waals surface area (Å²) in [6, 6.07) is 1.93. The molecule has 1 aliphatic rings. The highest BCUT2D eigenvalue weighted by molar-refractivity contribution is 6.05. The van der Waals surface area contributed by atoms with E-state index < -0.39 is 6.55 Å². The Morgan fingerprint density at radius 3 is 2.75 bits per heavy atom. The number of hydrogen-bond donors (Lipinski definition) is 0. The van der Waals surface area contributed by atoms with Crippen LogP contribution in [0.3, 0.4) is 0 Å². The number of fused-ring (bicyclic) bond motifs is 1. The average Bonchev–Trinajstić information content (AvgIpc) is 3.24. The van der Waals surface area contributed by atoms with Gasteiger partial charge in [-0.1, -0.05) is 0 Å². The van der Waals surface area contributed by atoms with Crippen molar-refractivity contribution in [3.8, 4) is 0 Å². The fourth-order valence-electron chi connectivity index (χ4n) is 3.31. The molecule has 0 aromatic carbocycles. The number of pyridine rings is 1. The molecule has 0 spiro atoms. The second-order valence-electron chi connectivity index (χ2n) is 7.48. The monoisotopic (exact) mass is 388 g/mol. The first kappa shape index (κ1) is 18.5. The maximum atomic E-state index is 13.2. The van der Waals surface area contributed by atoms with Crippen molar-refractivity contribution in [2.75, 3.05) is 7.05 Å². The molecule has 3 heterocycles. The number of aromatic nitrogens is 5. The van der Waals surface area contributed by atoms with Crippen LogP contribution >= 0.6 is 0 Å². The standard InChI is InChI=1S/C19H22F2N6O/c1-11(2)27-17-14(9-23-27)13(8-15(24-17)12-4-5-12)18(28)25(3)10-16-22-6-7-26(16)19(20)21/h6-9,11-12,19H,4-5,10H2,1-3H3. The Morgan fingerprint density at radius 2 is 2.11 bits per heavy atom. The number of amides is 1. The smallest absolute Gasteiger partial charge is 0.319 e. The minimum atomic E-state index is -2.70. The Bertz CT molecular complexity index is 1020. The summed E-state index contributed by atoms with van der Waals surface area (Å²) < 4.78 is 28.7. The van der Waals surface area contributed by atoms with Crippen molar-refractivity contribution >= 4 is 16.9 Å². The SMILES string of the molecule is CC(C)n1ncc2c(C(=O)N(C)Cc3nccn3C(F)F)cc(C3CC3)nc21. The normalized spacial score (nSPS) is 14.4. The Balaban J connectivity index is 1.71. The first-order valence-electron chi connectivity index (χ1n) is 9.30. The van der Waals surface area contributed by atoms with Crippen LogP contribution in [0.4, 0.5) is 8.78 Å². The van der Waals surface area contributed by atoms with Crippen LogP contribution in [0, 0.1) is 0 Å². The summed E-state index contributed by atoms with van der Waals surface area (Å²) in [6.07, 6.45) is 6.29. The van der Waals surface area contributed by atoms with Crippen molar-refractivity contribution in [2.45, 2.75) is 51.7 Å². The van der Waals surface area contributed by atoms with Gasteiger partial charge in [0.2, 0.25) is 0 Å². The van der Waals surface area contributed by atoms with E-state index in [1.165, 1.54) is 17.3 Å². The minimum absolute atomic E-state index is 0.0168. The highest BCUT2D eigenvalue weighted by Crippen LogP contribution is 2.40. The van der Waals surface area contributed by atoms with Gasteiger partial charge in [-0.15, -0.1) is 0 Å². The molecule has 3 aromatic heterocycles. The topological polar surface area (TPSA) is 68.8 Å². The lowest BCUT2D eigenvalue weighted by molar-refractivity contribution is 0.0613. The molecule has 0 N–H and O–H groups in total. The van der Waals surface area contributed by atoms with Crippen molar-refractivity contribution in [3.05, 3.63) is 41.7 Å². The van der Waals surface area contributed by atoms with Crippen molar-refractivity contribution in [2.24, 2.45) is 0 Å². The minimum Gasteiger partial charge on any atom is -0.334 e. The number of carbonyl (C=O) groups excluding carboxylic acids is 1. The van der Waals surface area contributed by atoms with Crippen molar-refractivity contribution in [1.29, 1.82) is 0 Å². The van der Waals surface area contributed by atoms with Gasteiger partial charge in [-0.3, -0.25) is 9.36 Å². The third kappa shape index (κ3) is 3.25. The summed E-state index contributed by atoms with van der Waals surface area (Å²) >= 11 is 0. The van der Waals surface area contributed by atoms with Crippen LogP contribution in [0.25, 0.3) is 11.0 Å². The zero-order valence-electron chi connectivity index (χ0n) is 16.0. The van der Waals surface area contributed by atoms with Gasteiger partial charge in [0, 0.05) is 37.1 Å². The molecule has 7 nitrogen and oxygen atoms in total. The highest BCUT2D eigenvalue weighted by atomic mass is 19.3. The molecule has 4 rings (SSSR count). The van der Waals surface area contributed by atoms with Gasteiger partial charge in [0.15, 0.2) is 5.65 Å². The van der Waals surface area contributed by atoms with E-state index >= 15 is 0 Å². The van der Waals surface area contributed by atoms with Crippen molar-refractivity contribution in [1.82, 2.24) is 29.2 Å². The molecule has 1 fully saturated rings. The van der Waals surface area contributed by atoms with Gasteiger partial charge >= 0.3 is 6.55 Å². The van der Waals surface area contributed by atoms with E-state index in [4.69, 9.17) is 4.98 Å².